The molecule has 0 saturated carbocycles. The van der Waals surface area contributed by atoms with Crippen molar-refractivity contribution in [3.63, 3.8) is 0 Å². The largest absolute Gasteiger partial charge is 0.384 e. The number of β-amino-alcohol motifs (C(OH)–C–C–N with tert-alkyl or cyclic N) is 1. The van der Waals surface area contributed by atoms with Gasteiger partial charge in [0.2, 0.25) is 0 Å². The first kappa shape index (κ1) is 17.7. The van der Waals surface area contributed by atoms with Crippen LogP contribution in [0.4, 0.5) is 0 Å². The number of nitrogens with zero attached hydrogens (tertiary/aromatic N) is 3. The molecule has 1 aromatic carbocycles. The van der Waals surface area contributed by atoms with E-state index in [0.29, 0.717) is 13.1 Å². The molecule has 140 valence electrons. The summed E-state index contributed by atoms with van der Waals surface area (Å²) < 4.78 is 0. The second-order valence-electron chi connectivity index (χ2n) is 7.32. The van der Waals surface area contributed by atoms with Gasteiger partial charge in [-0.15, -0.1) is 0 Å². The number of fused-ring (bicyclic) bond motifs is 1. The van der Waals surface area contributed by atoms with Crippen molar-refractivity contribution in [3.8, 4) is 0 Å². The summed E-state index contributed by atoms with van der Waals surface area (Å²) >= 11 is 0. The number of amides is 1. The molecular formula is C21H24N4O2. The van der Waals surface area contributed by atoms with E-state index < -0.39 is 5.60 Å². The van der Waals surface area contributed by atoms with Gasteiger partial charge in [-0.05, 0) is 36.6 Å². The Morgan fingerprint density at radius 1 is 1.22 bits per heavy atom. The second kappa shape index (κ2) is 7.13. The fourth-order valence-corrected chi connectivity index (χ4v) is 3.83. The Morgan fingerprint density at radius 3 is 2.70 bits per heavy atom. The number of rotatable bonds is 4. The molecule has 6 heteroatoms. The highest BCUT2D eigenvalue weighted by atomic mass is 16.3. The second-order valence-corrected chi connectivity index (χ2v) is 7.32. The van der Waals surface area contributed by atoms with E-state index in [1.165, 1.54) is 0 Å². The van der Waals surface area contributed by atoms with Crippen molar-refractivity contribution >= 4 is 5.91 Å². The average Bonchev–Trinajstić information content (AvgIpc) is 2.71. The van der Waals surface area contributed by atoms with Crippen LogP contribution in [-0.2, 0) is 10.4 Å². The molecule has 1 fully saturated rings. The van der Waals surface area contributed by atoms with Crippen LogP contribution >= 0.6 is 0 Å². The molecule has 2 aliphatic rings. The fraction of sp³-hybridized carbons (Fsp3) is 0.333. The molecule has 1 amide bonds. The van der Waals surface area contributed by atoms with Gasteiger partial charge in [-0.3, -0.25) is 15.1 Å². The van der Waals surface area contributed by atoms with Crippen LogP contribution in [-0.4, -0.2) is 45.2 Å². The summed E-state index contributed by atoms with van der Waals surface area (Å²) in [6.07, 6.45) is 7.47. The third-order valence-electron chi connectivity index (χ3n) is 5.30. The standard InChI is InChI=1S/C21H24N4O2/c1-21(27,17-5-3-2-4-6-17)15-24-13-10-19(26)25-14-9-18(23-20(24)25)16-7-11-22-12-8-16/h2-8,10-13,18,20,23,27H,9,14-15H2,1H3. The van der Waals surface area contributed by atoms with E-state index in [9.17, 15) is 9.90 Å². The van der Waals surface area contributed by atoms with Crippen LogP contribution in [0.15, 0.2) is 67.1 Å². The number of aromatic nitrogens is 1. The normalized spacial score (nSPS) is 24.4. The lowest BCUT2D eigenvalue weighted by Crippen LogP contribution is -2.64. The minimum atomic E-state index is -1.04. The first-order valence-electron chi connectivity index (χ1n) is 9.23. The third-order valence-corrected chi connectivity index (χ3v) is 5.30. The van der Waals surface area contributed by atoms with E-state index in [0.717, 1.165) is 17.5 Å². The smallest absolute Gasteiger partial charge is 0.250 e. The summed E-state index contributed by atoms with van der Waals surface area (Å²) in [6, 6.07) is 13.8. The van der Waals surface area contributed by atoms with E-state index >= 15 is 0 Å². The van der Waals surface area contributed by atoms with Gasteiger partial charge in [0.15, 0.2) is 6.29 Å². The zero-order valence-electron chi connectivity index (χ0n) is 15.3. The molecule has 3 unspecified atom stereocenters. The van der Waals surface area contributed by atoms with Crippen molar-refractivity contribution in [1.29, 1.82) is 0 Å². The highest BCUT2D eigenvalue weighted by Crippen LogP contribution is 2.29. The Labute approximate surface area is 159 Å². The fourth-order valence-electron chi connectivity index (χ4n) is 3.83. The lowest BCUT2D eigenvalue weighted by atomic mass is 9.95. The summed E-state index contributed by atoms with van der Waals surface area (Å²) in [5, 5.41) is 14.6. The predicted octanol–water partition coefficient (Wildman–Crippen LogP) is 1.97. The van der Waals surface area contributed by atoms with Gasteiger partial charge in [0.05, 0.1) is 6.54 Å². The first-order chi connectivity index (χ1) is 13.0. The average molecular weight is 364 g/mol. The van der Waals surface area contributed by atoms with Crippen LogP contribution in [0.25, 0.3) is 0 Å². The van der Waals surface area contributed by atoms with Gasteiger partial charge in [0, 0.05) is 37.3 Å². The maximum Gasteiger partial charge on any atom is 0.250 e. The number of hydrogen-bond donors (Lipinski definition) is 2. The zero-order chi connectivity index (χ0) is 18.9. The summed E-state index contributed by atoms with van der Waals surface area (Å²) in [5.41, 5.74) is 0.966. The molecule has 6 nitrogen and oxygen atoms in total. The van der Waals surface area contributed by atoms with Gasteiger partial charge in [0.1, 0.15) is 5.60 Å². The molecule has 0 bridgehead atoms. The Balaban J connectivity index is 1.57. The molecule has 3 heterocycles. The third kappa shape index (κ3) is 3.59. The molecule has 2 N–H and O–H groups in total. The minimum Gasteiger partial charge on any atom is -0.384 e. The number of nitrogens with one attached hydrogen (secondary N) is 1. The Kier molecular flexibility index (Phi) is 4.68. The van der Waals surface area contributed by atoms with Crippen LogP contribution in [0.5, 0.6) is 0 Å². The lowest BCUT2D eigenvalue weighted by molar-refractivity contribution is -0.140. The van der Waals surface area contributed by atoms with Crippen LogP contribution in [0.2, 0.25) is 0 Å². The van der Waals surface area contributed by atoms with E-state index in [-0.39, 0.29) is 18.2 Å². The quantitative estimate of drug-likeness (QED) is 0.868. The maximum atomic E-state index is 12.4. The van der Waals surface area contributed by atoms with Gasteiger partial charge < -0.3 is 14.9 Å². The van der Waals surface area contributed by atoms with Crippen molar-refractivity contribution in [2.24, 2.45) is 0 Å². The van der Waals surface area contributed by atoms with Gasteiger partial charge in [0.25, 0.3) is 5.91 Å². The summed E-state index contributed by atoms with van der Waals surface area (Å²) in [5.74, 6) is -0.00344. The molecular weight excluding hydrogens is 340 g/mol. The monoisotopic (exact) mass is 364 g/mol. The molecule has 1 aromatic heterocycles. The lowest BCUT2D eigenvalue weighted by Gasteiger charge is -2.48. The van der Waals surface area contributed by atoms with E-state index in [2.05, 4.69) is 10.3 Å². The molecule has 2 aromatic rings. The number of carbonyl (C=O) groups excluding carboxylic acids is 1. The Bertz CT molecular complexity index is 823. The minimum absolute atomic E-state index is 0.00344. The van der Waals surface area contributed by atoms with Crippen LogP contribution in [0.3, 0.4) is 0 Å². The first-order valence-corrected chi connectivity index (χ1v) is 9.23. The molecule has 3 atom stereocenters. The van der Waals surface area contributed by atoms with Gasteiger partial charge in [-0.1, -0.05) is 30.3 Å². The van der Waals surface area contributed by atoms with Crippen molar-refractivity contribution in [3.05, 3.63) is 78.3 Å². The van der Waals surface area contributed by atoms with Crippen molar-refractivity contribution in [2.75, 3.05) is 13.1 Å². The van der Waals surface area contributed by atoms with E-state index in [1.807, 2.05) is 52.3 Å². The van der Waals surface area contributed by atoms with Crippen LogP contribution in [0.1, 0.15) is 30.5 Å². The Morgan fingerprint density at radius 2 is 1.96 bits per heavy atom. The van der Waals surface area contributed by atoms with E-state index in [1.54, 1.807) is 31.6 Å². The molecule has 2 aliphatic heterocycles. The number of aliphatic hydroxyl groups is 1. The summed E-state index contributed by atoms with van der Waals surface area (Å²) in [4.78, 5) is 20.3. The van der Waals surface area contributed by atoms with Crippen molar-refractivity contribution < 1.29 is 9.90 Å². The summed E-state index contributed by atoms with van der Waals surface area (Å²) in [6.45, 7) is 2.84. The Hall–Kier alpha value is -2.70. The SMILES string of the molecule is CC(O)(CN1C=CC(=O)N2CCC(c3ccncc3)NC12)c1ccccc1. The van der Waals surface area contributed by atoms with Gasteiger partial charge in [-0.25, -0.2) is 0 Å². The summed E-state index contributed by atoms with van der Waals surface area (Å²) in [7, 11) is 0. The molecule has 0 spiro atoms. The van der Waals surface area contributed by atoms with Crippen LogP contribution < -0.4 is 5.32 Å². The van der Waals surface area contributed by atoms with E-state index in [4.69, 9.17) is 0 Å². The number of benzene rings is 1. The predicted molar refractivity (Wildman–Crippen MR) is 102 cm³/mol. The highest BCUT2D eigenvalue weighted by Gasteiger charge is 2.38. The number of carbonyl (C=O) groups is 1. The number of hydrogen-bond acceptors (Lipinski definition) is 5. The van der Waals surface area contributed by atoms with Crippen LogP contribution in [0, 0.1) is 0 Å². The van der Waals surface area contributed by atoms with Gasteiger partial charge in [-0.2, -0.15) is 0 Å². The molecule has 4 rings (SSSR count). The van der Waals surface area contributed by atoms with Crippen molar-refractivity contribution in [2.45, 2.75) is 31.3 Å². The topological polar surface area (TPSA) is 68.7 Å². The van der Waals surface area contributed by atoms with Crippen molar-refractivity contribution in [1.82, 2.24) is 20.1 Å². The highest BCUT2D eigenvalue weighted by molar-refractivity contribution is 5.88. The molecule has 1 saturated heterocycles. The molecule has 0 aliphatic carbocycles. The zero-order valence-corrected chi connectivity index (χ0v) is 15.3. The molecule has 27 heavy (non-hydrogen) atoms. The maximum absolute atomic E-state index is 12.4. The van der Waals surface area contributed by atoms with Gasteiger partial charge >= 0.3 is 0 Å². The molecule has 0 radical (unpaired) electrons. The number of pyridine rings is 1.